The molecule has 3 heterocycles. The molecular formula is C28H34F3N3O. The SMILES string of the molecule is CC1NC=C(c2ccc3c4cnccc4n(C(F)F)c3c2)C=C1F.CCCCC(CC=O)CCC. The van der Waals surface area contributed by atoms with E-state index in [0.29, 0.717) is 38.9 Å². The molecule has 35 heavy (non-hydrogen) atoms. The number of carbonyl (C=O) groups excluding carboxylic acids is 1. The topological polar surface area (TPSA) is 46.9 Å². The van der Waals surface area contributed by atoms with Gasteiger partial charge < -0.3 is 10.1 Å². The van der Waals surface area contributed by atoms with Crippen LogP contribution < -0.4 is 5.32 Å². The summed E-state index contributed by atoms with van der Waals surface area (Å²) >= 11 is 0. The van der Waals surface area contributed by atoms with Crippen molar-refractivity contribution in [2.24, 2.45) is 5.92 Å². The average Bonchev–Trinajstić information content (AvgIpc) is 3.19. The van der Waals surface area contributed by atoms with Crippen molar-refractivity contribution in [2.45, 2.75) is 71.9 Å². The first kappa shape index (κ1) is 26.5. The van der Waals surface area contributed by atoms with Crippen molar-refractivity contribution in [1.82, 2.24) is 14.9 Å². The Labute approximate surface area is 204 Å². The summed E-state index contributed by atoms with van der Waals surface area (Å²) < 4.78 is 42.0. The molecule has 3 aromatic rings. The first-order valence-electron chi connectivity index (χ1n) is 12.3. The molecule has 1 aliphatic rings. The van der Waals surface area contributed by atoms with Gasteiger partial charge in [0.1, 0.15) is 12.1 Å². The van der Waals surface area contributed by atoms with Gasteiger partial charge in [-0.1, -0.05) is 58.1 Å². The Kier molecular flexibility index (Phi) is 9.52. The maximum absolute atomic E-state index is 13.8. The third kappa shape index (κ3) is 6.32. The molecule has 0 bridgehead atoms. The van der Waals surface area contributed by atoms with Gasteiger partial charge in [0.25, 0.3) is 0 Å². The van der Waals surface area contributed by atoms with E-state index >= 15 is 0 Å². The summed E-state index contributed by atoms with van der Waals surface area (Å²) in [6.07, 6.45) is 14.2. The number of pyridine rings is 1. The van der Waals surface area contributed by atoms with E-state index < -0.39 is 6.55 Å². The minimum absolute atomic E-state index is 0.286. The molecule has 1 aromatic carbocycles. The first-order valence-corrected chi connectivity index (χ1v) is 12.3. The Morgan fingerprint density at radius 3 is 2.57 bits per heavy atom. The Morgan fingerprint density at radius 1 is 1.11 bits per heavy atom. The van der Waals surface area contributed by atoms with Crippen LogP contribution in [-0.2, 0) is 4.79 Å². The molecule has 2 unspecified atom stereocenters. The van der Waals surface area contributed by atoms with Gasteiger partial charge in [0, 0.05) is 41.4 Å². The summed E-state index contributed by atoms with van der Waals surface area (Å²) in [4.78, 5) is 14.3. The minimum atomic E-state index is -2.67. The van der Waals surface area contributed by atoms with E-state index in [0.717, 1.165) is 17.3 Å². The van der Waals surface area contributed by atoms with Crippen molar-refractivity contribution in [3.05, 3.63) is 60.3 Å². The van der Waals surface area contributed by atoms with Crippen LogP contribution in [0.15, 0.2) is 54.8 Å². The number of hydrogen-bond acceptors (Lipinski definition) is 3. The highest BCUT2D eigenvalue weighted by atomic mass is 19.3. The zero-order valence-corrected chi connectivity index (χ0v) is 20.6. The average molecular weight is 486 g/mol. The van der Waals surface area contributed by atoms with Crippen LogP contribution in [0.2, 0.25) is 0 Å². The maximum atomic E-state index is 13.8. The maximum Gasteiger partial charge on any atom is 0.319 e. The van der Waals surface area contributed by atoms with Crippen LogP contribution >= 0.6 is 0 Å². The highest BCUT2D eigenvalue weighted by Gasteiger charge is 2.19. The molecular weight excluding hydrogens is 451 g/mol. The van der Waals surface area contributed by atoms with E-state index in [-0.39, 0.29) is 11.9 Å². The number of benzene rings is 1. The predicted molar refractivity (Wildman–Crippen MR) is 137 cm³/mol. The number of aromatic nitrogens is 2. The molecule has 0 radical (unpaired) electrons. The van der Waals surface area contributed by atoms with Gasteiger partial charge in [-0.25, -0.2) is 4.39 Å². The van der Waals surface area contributed by atoms with Gasteiger partial charge in [0.2, 0.25) is 0 Å². The second-order valence-electron chi connectivity index (χ2n) is 8.99. The number of nitrogens with one attached hydrogen (secondary N) is 1. The number of unbranched alkanes of at least 4 members (excludes halogenated alkanes) is 1. The van der Waals surface area contributed by atoms with Crippen LogP contribution in [0.1, 0.15) is 71.4 Å². The van der Waals surface area contributed by atoms with Crippen molar-refractivity contribution in [3.8, 4) is 0 Å². The van der Waals surface area contributed by atoms with Crippen molar-refractivity contribution >= 4 is 33.7 Å². The lowest BCUT2D eigenvalue weighted by atomic mass is 9.95. The fourth-order valence-electron chi connectivity index (χ4n) is 4.48. The molecule has 0 saturated heterocycles. The standard InChI is InChI=1S/C18H14F3N3.C10H20O/c1-10-15(19)6-12(8-23-10)11-2-3-13-14-9-22-5-4-16(14)24(18(20)21)17(13)7-11;1-3-5-7-10(6-4-2)8-9-11/h2-10,18,23H,1H3;9-10H,3-8H2,1-2H3. The second-order valence-corrected chi connectivity index (χ2v) is 8.99. The minimum Gasteiger partial charge on any atom is -0.382 e. The molecule has 0 saturated carbocycles. The van der Waals surface area contributed by atoms with Gasteiger partial charge in [0.15, 0.2) is 0 Å². The third-order valence-electron chi connectivity index (χ3n) is 6.42. The van der Waals surface area contributed by atoms with Crippen molar-refractivity contribution < 1.29 is 18.0 Å². The number of nitrogens with zero attached hydrogens (tertiary/aromatic N) is 2. The molecule has 2 atom stereocenters. The van der Waals surface area contributed by atoms with E-state index in [1.54, 1.807) is 43.6 Å². The molecule has 188 valence electrons. The third-order valence-corrected chi connectivity index (χ3v) is 6.42. The molecule has 0 spiro atoms. The highest BCUT2D eigenvalue weighted by Crippen LogP contribution is 2.34. The lowest BCUT2D eigenvalue weighted by Gasteiger charge is -2.17. The van der Waals surface area contributed by atoms with E-state index in [1.807, 2.05) is 0 Å². The summed E-state index contributed by atoms with van der Waals surface area (Å²) in [5.74, 6) is 0.378. The molecule has 1 aliphatic heterocycles. The number of hydrogen-bond donors (Lipinski definition) is 1. The van der Waals surface area contributed by atoms with Gasteiger partial charge in [-0.2, -0.15) is 8.78 Å². The monoisotopic (exact) mass is 485 g/mol. The van der Waals surface area contributed by atoms with Gasteiger partial charge in [-0.3, -0.25) is 9.55 Å². The number of fused-ring (bicyclic) bond motifs is 3. The smallest absolute Gasteiger partial charge is 0.319 e. The van der Waals surface area contributed by atoms with E-state index in [1.165, 1.54) is 44.4 Å². The Bertz CT molecular complexity index is 1200. The predicted octanol–water partition coefficient (Wildman–Crippen LogP) is 7.95. The van der Waals surface area contributed by atoms with Crippen LogP contribution in [-0.4, -0.2) is 21.9 Å². The normalized spacial score (nSPS) is 16.4. The van der Waals surface area contributed by atoms with E-state index in [9.17, 15) is 18.0 Å². The molecule has 0 amide bonds. The number of dihydropyridines is 1. The number of aldehydes is 1. The fourth-order valence-corrected chi connectivity index (χ4v) is 4.48. The van der Waals surface area contributed by atoms with Crippen LogP contribution in [0.5, 0.6) is 0 Å². The molecule has 1 N–H and O–H groups in total. The molecule has 0 fully saturated rings. The largest absolute Gasteiger partial charge is 0.382 e. The number of carbonyl (C=O) groups is 1. The Hall–Kier alpha value is -3.09. The molecule has 0 aliphatic carbocycles. The zero-order chi connectivity index (χ0) is 25.4. The molecule has 4 rings (SSSR count). The summed E-state index contributed by atoms with van der Waals surface area (Å²) in [6.45, 7) is 3.42. The van der Waals surface area contributed by atoms with Gasteiger partial charge in [0.05, 0.1) is 17.1 Å². The van der Waals surface area contributed by atoms with E-state index in [4.69, 9.17) is 0 Å². The number of alkyl halides is 2. The number of allylic oxidation sites excluding steroid dienone is 2. The van der Waals surface area contributed by atoms with E-state index in [2.05, 4.69) is 24.1 Å². The van der Waals surface area contributed by atoms with Crippen molar-refractivity contribution in [1.29, 1.82) is 0 Å². The van der Waals surface area contributed by atoms with Crippen LogP contribution in [0.4, 0.5) is 13.2 Å². The van der Waals surface area contributed by atoms with Gasteiger partial charge in [-0.15, -0.1) is 0 Å². The summed E-state index contributed by atoms with van der Waals surface area (Å²) in [5.41, 5.74) is 2.13. The Balaban J connectivity index is 0.000000266. The summed E-state index contributed by atoms with van der Waals surface area (Å²) in [6, 6.07) is 6.44. The number of halogens is 3. The van der Waals surface area contributed by atoms with Gasteiger partial charge in [-0.05, 0) is 36.6 Å². The molecule has 7 heteroatoms. The summed E-state index contributed by atoms with van der Waals surface area (Å²) in [7, 11) is 0. The lowest BCUT2D eigenvalue weighted by Crippen LogP contribution is -2.24. The molecule has 4 nitrogen and oxygen atoms in total. The quantitative estimate of drug-likeness (QED) is 0.313. The fraction of sp³-hybridized carbons (Fsp3) is 0.429. The second kappa shape index (κ2) is 12.6. The number of rotatable bonds is 9. The summed E-state index contributed by atoms with van der Waals surface area (Å²) in [5, 5.41) is 4.29. The molecule has 2 aromatic heterocycles. The van der Waals surface area contributed by atoms with Crippen molar-refractivity contribution in [2.75, 3.05) is 0 Å². The zero-order valence-electron chi connectivity index (χ0n) is 20.6. The van der Waals surface area contributed by atoms with Crippen molar-refractivity contribution in [3.63, 3.8) is 0 Å². The first-order chi connectivity index (χ1) is 16.9. The lowest BCUT2D eigenvalue weighted by molar-refractivity contribution is -0.108. The Morgan fingerprint density at radius 2 is 1.91 bits per heavy atom. The van der Waals surface area contributed by atoms with Gasteiger partial charge >= 0.3 is 6.55 Å². The van der Waals surface area contributed by atoms with Crippen LogP contribution in [0, 0.1) is 5.92 Å². The highest BCUT2D eigenvalue weighted by molar-refractivity contribution is 6.08. The van der Waals surface area contributed by atoms with Crippen LogP contribution in [0.25, 0.3) is 27.4 Å². The van der Waals surface area contributed by atoms with Crippen LogP contribution in [0.3, 0.4) is 0 Å².